The van der Waals surface area contributed by atoms with Crippen LogP contribution in [0.5, 0.6) is 0 Å². The highest BCUT2D eigenvalue weighted by molar-refractivity contribution is 5.80. The van der Waals surface area contributed by atoms with Crippen molar-refractivity contribution >= 4 is 22.5 Å². The molecule has 0 aliphatic heterocycles. The predicted molar refractivity (Wildman–Crippen MR) is 107 cm³/mol. The van der Waals surface area contributed by atoms with E-state index in [0.29, 0.717) is 16.9 Å². The molecule has 0 spiro atoms. The Morgan fingerprint density at radius 1 is 0.808 bits per heavy atom. The standard InChI is InChI=1S/C22H19N3O/c1-15-7-11-17(12-8-15)23-22-24-20-6-4-3-5-19(20)21(26)25(22)18-13-9-16(2)10-14-18/h3-14H,1-2H3,(H,23,24). The summed E-state index contributed by atoms with van der Waals surface area (Å²) in [6, 6.07) is 23.3. The monoisotopic (exact) mass is 341 g/mol. The number of fused-ring (bicyclic) bond motifs is 1. The lowest BCUT2D eigenvalue weighted by Crippen LogP contribution is -2.22. The van der Waals surface area contributed by atoms with Crippen LogP contribution in [0.4, 0.5) is 11.6 Å². The smallest absolute Gasteiger partial charge is 0.267 e. The van der Waals surface area contributed by atoms with E-state index >= 15 is 0 Å². The Labute approximate surface area is 151 Å². The first kappa shape index (κ1) is 16.1. The molecule has 0 radical (unpaired) electrons. The molecule has 0 amide bonds. The lowest BCUT2D eigenvalue weighted by atomic mass is 10.2. The van der Waals surface area contributed by atoms with Crippen molar-refractivity contribution in [1.29, 1.82) is 0 Å². The molecule has 4 nitrogen and oxygen atoms in total. The fourth-order valence-electron chi connectivity index (χ4n) is 2.92. The van der Waals surface area contributed by atoms with E-state index < -0.39 is 0 Å². The van der Waals surface area contributed by atoms with E-state index in [1.54, 1.807) is 4.57 Å². The van der Waals surface area contributed by atoms with Crippen molar-refractivity contribution in [1.82, 2.24) is 9.55 Å². The summed E-state index contributed by atoms with van der Waals surface area (Å²) in [5.41, 5.74) is 4.58. The highest BCUT2D eigenvalue weighted by Gasteiger charge is 2.12. The largest absolute Gasteiger partial charge is 0.325 e. The third kappa shape index (κ3) is 2.97. The van der Waals surface area contributed by atoms with Crippen LogP contribution >= 0.6 is 0 Å². The van der Waals surface area contributed by atoms with Crippen molar-refractivity contribution in [2.75, 3.05) is 5.32 Å². The summed E-state index contributed by atoms with van der Waals surface area (Å²) >= 11 is 0. The van der Waals surface area contributed by atoms with Gasteiger partial charge in [0.1, 0.15) is 0 Å². The van der Waals surface area contributed by atoms with E-state index in [1.807, 2.05) is 86.6 Å². The second-order valence-corrected chi connectivity index (χ2v) is 6.42. The van der Waals surface area contributed by atoms with Crippen LogP contribution in [-0.2, 0) is 0 Å². The van der Waals surface area contributed by atoms with Gasteiger partial charge in [-0.3, -0.25) is 4.79 Å². The van der Waals surface area contributed by atoms with E-state index in [1.165, 1.54) is 5.56 Å². The number of anilines is 2. The molecule has 4 rings (SSSR count). The van der Waals surface area contributed by atoms with Crippen molar-refractivity contribution < 1.29 is 0 Å². The van der Waals surface area contributed by atoms with E-state index in [2.05, 4.69) is 5.32 Å². The molecule has 0 aliphatic rings. The molecule has 4 heteroatoms. The van der Waals surface area contributed by atoms with Gasteiger partial charge in [0.05, 0.1) is 16.6 Å². The summed E-state index contributed by atoms with van der Waals surface area (Å²) in [4.78, 5) is 17.9. The van der Waals surface area contributed by atoms with Gasteiger partial charge in [-0.05, 0) is 50.2 Å². The molecule has 0 atom stereocenters. The van der Waals surface area contributed by atoms with E-state index in [0.717, 1.165) is 16.9 Å². The molecular formula is C22H19N3O. The summed E-state index contributed by atoms with van der Waals surface area (Å²) in [6.07, 6.45) is 0. The number of benzene rings is 3. The van der Waals surface area contributed by atoms with Crippen LogP contribution in [0.3, 0.4) is 0 Å². The number of hydrogen-bond acceptors (Lipinski definition) is 3. The molecule has 0 unspecified atom stereocenters. The number of para-hydroxylation sites is 1. The summed E-state index contributed by atoms with van der Waals surface area (Å²) in [7, 11) is 0. The van der Waals surface area contributed by atoms with Gasteiger partial charge in [0.15, 0.2) is 0 Å². The Balaban J connectivity index is 1.94. The van der Waals surface area contributed by atoms with Gasteiger partial charge in [0, 0.05) is 5.69 Å². The Kier molecular flexibility index (Phi) is 4.01. The van der Waals surface area contributed by atoms with Gasteiger partial charge in [-0.15, -0.1) is 0 Å². The number of hydrogen-bond donors (Lipinski definition) is 1. The van der Waals surface area contributed by atoms with E-state index in [4.69, 9.17) is 4.98 Å². The van der Waals surface area contributed by atoms with Crippen LogP contribution in [0.2, 0.25) is 0 Å². The van der Waals surface area contributed by atoms with Crippen LogP contribution in [0, 0.1) is 13.8 Å². The molecule has 0 saturated heterocycles. The topological polar surface area (TPSA) is 46.9 Å². The van der Waals surface area contributed by atoms with Crippen LogP contribution in [0.15, 0.2) is 77.6 Å². The molecule has 0 bridgehead atoms. The van der Waals surface area contributed by atoms with Gasteiger partial charge in [-0.1, -0.05) is 47.5 Å². The quantitative estimate of drug-likeness (QED) is 0.585. The zero-order valence-corrected chi connectivity index (χ0v) is 14.7. The first-order valence-corrected chi connectivity index (χ1v) is 8.54. The Morgan fingerprint density at radius 2 is 1.42 bits per heavy atom. The molecular weight excluding hydrogens is 322 g/mol. The predicted octanol–water partition coefficient (Wildman–Crippen LogP) is 4.75. The molecule has 0 saturated carbocycles. The van der Waals surface area contributed by atoms with Crippen molar-refractivity contribution in [3.8, 4) is 5.69 Å². The molecule has 26 heavy (non-hydrogen) atoms. The fourth-order valence-corrected chi connectivity index (χ4v) is 2.92. The van der Waals surface area contributed by atoms with Crippen molar-refractivity contribution in [2.24, 2.45) is 0 Å². The first-order valence-electron chi connectivity index (χ1n) is 8.54. The molecule has 128 valence electrons. The Morgan fingerprint density at radius 3 is 2.12 bits per heavy atom. The summed E-state index contributed by atoms with van der Waals surface area (Å²) in [5.74, 6) is 0.501. The van der Waals surface area contributed by atoms with Gasteiger partial charge in [-0.25, -0.2) is 9.55 Å². The van der Waals surface area contributed by atoms with Crippen LogP contribution in [0.1, 0.15) is 11.1 Å². The minimum atomic E-state index is -0.0888. The average molecular weight is 341 g/mol. The van der Waals surface area contributed by atoms with Crippen LogP contribution in [0.25, 0.3) is 16.6 Å². The highest BCUT2D eigenvalue weighted by Crippen LogP contribution is 2.20. The van der Waals surface area contributed by atoms with Gasteiger partial charge >= 0.3 is 0 Å². The molecule has 0 aliphatic carbocycles. The molecule has 4 aromatic rings. The summed E-state index contributed by atoms with van der Waals surface area (Å²) in [5, 5.41) is 3.90. The lowest BCUT2D eigenvalue weighted by Gasteiger charge is -2.15. The van der Waals surface area contributed by atoms with E-state index in [9.17, 15) is 4.79 Å². The molecule has 1 aromatic heterocycles. The van der Waals surface area contributed by atoms with Gasteiger partial charge < -0.3 is 5.32 Å². The first-order chi connectivity index (χ1) is 12.6. The zero-order chi connectivity index (χ0) is 18.1. The Bertz CT molecular complexity index is 1130. The highest BCUT2D eigenvalue weighted by atomic mass is 16.1. The number of aryl methyl sites for hydroxylation is 2. The Hall–Kier alpha value is -3.40. The van der Waals surface area contributed by atoms with Crippen molar-refractivity contribution in [2.45, 2.75) is 13.8 Å². The number of nitrogens with zero attached hydrogens (tertiary/aromatic N) is 2. The third-order valence-electron chi connectivity index (χ3n) is 4.38. The van der Waals surface area contributed by atoms with Crippen molar-refractivity contribution in [3.63, 3.8) is 0 Å². The van der Waals surface area contributed by atoms with Gasteiger partial charge in [0.2, 0.25) is 5.95 Å². The van der Waals surface area contributed by atoms with Crippen LogP contribution in [-0.4, -0.2) is 9.55 Å². The van der Waals surface area contributed by atoms with Gasteiger partial charge in [-0.2, -0.15) is 0 Å². The maximum atomic E-state index is 13.2. The molecule has 3 aromatic carbocycles. The number of aromatic nitrogens is 2. The van der Waals surface area contributed by atoms with Crippen LogP contribution < -0.4 is 10.9 Å². The number of rotatable bonds is 3. The second-order valence-electron chi connectivity index (χ2n) is 6.42. The maximum absolute atomic E-state index is 13.2. The van der Waals surface area contributed by atoms with E-state index in [-0.39, 0.29) is 5.56 Å². The minimum absolute atomic E-state index is 0.0888. The third-order valence-corrected chi connectivity index (χ3v) is 4.38. The molecule has 1 N–H and O–H groups in total. The minimum Gasteiger partial charge on any atom is -0.325 e. The maximum Gasteiger partial charge on any atom is 0.267 e. The number of nitrogens with one attached hydrogen (secondary N) is 1. The second kappa shape index (κ2) is 6.48. The van der Waals surface area contributed by atoms with Crippen molar-refractivity contribution in [3.05, 3.63) is 94.3 Å². The SMILES string of the molecule is Cc1ccc(Nc2nc3ccccc3c(=O)n2-c2ccc(C)cc2)cc1. The molecule has 0 fully saturated rings. The molecule has 1 heterocycles. The fraction of sp³-hybridized carbons (Fsp3) is 0.0909. The summed E-state index contributed by atoms with van der Waals surface area (Å²) < 4.78 is 1.63. The average Bonchev–Trinajstić information content (AvgIpc) is 2.65. The lowest BCUT2D eigenvalue weighted by molar-refractivity contribution is 0.973. The normalized spacial score (nSPS) is 10.8. The summed E-state index contributed by atoms with van der Waals surface area (Å²) in [6.45, 7) is 4.07. The van der Waals surface area contributed by atoms with Gasteiger partial charge in [0.25, 0.3) is 5.56 Å². The zero-order valence-electron chi connectivity index (χ0n) is 14.7.